The molecule has 31 heavy (non-hydrogen) atoms. The standard InChI is InChI=1S/C23H28FN3O3S/c1-17-6-11-21(31(29,30)25-19-9-7-18(24)8-10-19)15-22(17)23(28)27-14-4-5-20(27)16-26-12-2-3-13-26/h6-11,15,20,25H,2-5,12-14,16H2,1H3. The second-order valence-electron chi connectivity index (χ2n) is 8.39. The first-order valence-corrected chi connectivity index (χ1v) is 12.2. The first kappa shape index (κ1) is 21.8. The minimum Gasteiger partial charge on any atom is -0.334 e. The third-order valence-electron chi connectivity index (χ3n) is 6.15. The van der Waals surface area contributed by atoms with Crippen molar-refractivity contribution in [3.8, 4) is 0 Å². The molecule has 8 heteroatoms. The molecule has 0 bridgehead atoms. The van der Waals surface area contributed by atoms with Gasteiger partial charge in [-0.15, -0.1) is 0 Å². The summed E-state index contributed by atoms with van der Waals surface area (Å²) in [6.45, 7) is 5.57. The van der Waals surface area contributed by atoms with Crippen LogP contribution in [-0.2, 0) is 10.0 Å². The normalized spacial score (nSPS) is 19.7. The fourth-order valence-electron chi connectivity index (χ4n) is 4.44. The van der Waals surface area contributed by atoms with Crippen molar-refractivity contribution in [3.05, 3.63) is 59.4 Å². The molecule has 166 valence electrons. The number of aryl methyl sites for hydroxylation is 1. The van der Waals surface area contributed by atoms with Crippen molar-refractivity contribution in [1.82, 2.24) is 9.80 Å². The number of nitrogens with one attached hydrogen (secondary N) is 1. The highest BCUT2D eigenvalue weighted by Crippen LogP contribution is 2.26. The Bertz CT molecular complexity index is 1050. The van der Waals surface area contributed by atoms with Gasteiger partial charge < -0.3 is 9.80 Å². The molecule has 2 aliphatic rings. The lowest BCUT2D eigenvalue weighted by Crippen LogP contribution is -2.42. The molecule has 4 rings (SSSR count). The largest absolute Gasteiger partial charge is 0.334 e. The van der Waals surface area contributed by atoms with Gasteiger partial charge in [-0.25, -0.2) is 12.8 Å². The lowest BCUT2D eigenvalue weighted by molar-refractivity contribution is 0.0708. The Balaban J connectivity index is 1.55. The summed E-state index contributed by atoms with van der Waals surface area (Å²) in [5.74, 6) is -0.557. The maximum Gasteiger partial charge on any atom is 0.261 e. The minimum atomic E-state index is -3.91. The maximum absolute atomic E-state index is 13.4. The van der Waals surface area contributed by atoms with Crippen LogP contribution in [0.4, 0.5) is 10.1 Å². The molecule has 6 nitrogen and oxygen atoms in total. The number of rotatable bonds is 6. The Labute approximate surface area is 183 Å². The molecule has 1 amide bonds. The summed E-state index contributed by atoms with van der Waals surface area (Å²) in [6, 6.07) is 9.88. The Kier molecular flexibility index (Phi) is 6.29. The Morgan fingerprint density at radius 3 is 2.48 bits per heavy atom. The zero-order valence-corrected chi connectivity index (χ0v) is 18.5. The van der Waals surface area contributed by atoms with Crippen molar-refractivity contribution in [1.29, 1.82) is 0 Å². The van der Waals surface area contributed by atoms with Gasteiger partial charge >= 0.3 is 0 Å². The monoisotopic (exact) mass is 445 g/mol. The van der Waals surface area contributed by atoms with Crippen molar-refractivity contribution >= 4 is 21.6 Å². The molecule has 1 N–H and O–H groups in total. The number of hydrogen-bond donors (Lipinski definition) is 1. The van der Waals surface area contributed by atoms with Crippen LogP contribution in [0.15, 0.2) is 47.4 Å². The van der Waals surface area contributed by atoms with E-state index in [0.717, 1.165) is 38.0 Å². The van der Waals surface area contributed by atoms with Gasteiger partial charge in [0.05, 0.1) is 4.90 Å². The number of hydrogen-bond acceptors (Lipinski definition) is 4. The molecule has 0 spiro atoms. The fraction of sp³-hybridized carbons (Fsp3) is 0.435. The summed E-state index contributed by atoms with van der Waals surface area (Å²) in [6.07, 6.45) is 4.36. The van der Waals surface area contributed by atoms with E-state index in [1.165, 1.54) is 49.2 Å². The number of sulfonamides is 1. The van der Waals surface area contributed by atoms with Crippen LogP contribution in [0.25, 0.3) is 0 Å². The molecule has 2 aromatic carbocycles. The second kappa shape index (κ2) is 8.96. The molecule has 0 radical (unpaired) electrons. The molecule has 2 aliphatic heterocycles. The van der Waals surface area contributed by atoms with Crippen LogP contribution in [0.5, 0.6) is 0 Å². The van der Waals surface area contributed by atoms with E-state index >= 15 is 0 Å². The van der Waals surface area contributed by atoms with Crippen molar-refractivity contribution in [2.75, 3.05) is 30.9 Å². The lowest BCUT2D eigenvalue weighted by Gasteiger charge is -2.29. The van der Waals surface area contributed by atoms with Gasteiger partial charge in [0.25, 0.3) is 15.9 Å². The van der Waals surface area contributed by atoms with Crippen LogP contribution in [0.1, 0.15) is 41.6 Å². The van der Waals surface area contributed by atoms with E-state index in [4.69, 9.17) is 0 Å². The van der Waals surface area contributed by atoms with E-state index in [1.807, 2.05) is 11.8 Å². The number of halogens is 1. The Hall–Kier alpha value is -2.45. The van der Waals surface area contributed by atoms with Gasteiger partial charge in [-0.05, 0) is 87.7 Å². The van der Waals surface area contributed by atoms with E-state index in [-0.39, 0.29) is 22.5 Å². The Morgan fingerprint density at radius 1 is 1.06 bits per heavy atom. The van der Waals surface area contributed by atoms with Gasteiger partial charge in [0, 0.05) is 30.4 Å². The van der Waals surface area contributed by atoms with Gasteiger partial charge in [-0.3, -0.25) is 9.52 Å². The zero-order chi connectivity index (χ0) is 22.0. The third-order valence-corrected chi connectivity index (χ3v) is 7.53. The highest BCUT2D eigenvalue weighted by molar-refractivity contribution is 7.92. The summed E-state index contributed by atoms with van der Waals surface area (Å²) < 4.78 is 41.3. The van der Waals surface area contributed by atoms with E-state index < -0.39 is 15.8 Å². The molecular formula is C23H28FN3O3S. The average Bonchev–Trinajstić information content (AvgIpc) is 3.42. The summed E-state index contributed by atoms with van der Waals surface area (Å²) in [5, 5.41) is 0. The first-order valence-electron chi connectivity index (χ1n) is 10.8. The smallest absolute Gasteiger partial charge is 0.261 e. The van der Waals surface area contributed by atoms with Gasteiger partial charge in [0.1, 0.15) is 5.82 Å². The third kappa shape index (κ3) is 4.91. The molecule has 2 saturated heterocycles. The van der Waals surface area contributed by atoms with Crippen molar-refractivity contribution in [2.45, 2.75) is 43.5 Å². The Morgan fingerprint density at radius 2 is 1.77 bits per heavy atom. The molecule has 1 atom stereocenters. The van der Waals surface area contributed by atoms with E-state index in [0.29, 0.717) is 12.1 Å². The topological polar surface area (TPSA) is 69.7 Å². The highest BCUT2D eigenvalue weighted by atomic mass is 32.2. The highest BCUT2D eigenvalue weighted by Gasteiger charge is 2.32. The maximum atomic E-state index is 13.4. The fourth-order valence-corrected chi connectivity index (χ4v) is 5.53. The number of nitrogens with zero attached hydrogens (tertiary/aromatic N) is 2. The van der Waals surface area contributed by atoms with Gasteiger partial charge in [-0.2, -0.15) is 0 Å². The molecule has 0 saturated carbocycles. The predicted molar refractivity (Wildman–Crippen MR) is 118 cm³/mol. The summed E-state index contributed by atoms with van der Waals surface area (Å²) in [7, 11) is -3.91. The van der Waals surface area contributed by atoms with E-state index in [1.54, 1.807) is 6.07 Å². The molecule has 1 unspecified atom stereocenters. The van der Waals surface area contributed by atoms with E-state index in [9.17, 15) is 17.6 Å². The van der Waals surface area contributed by atoms with Crippen molar-refractivity contribution in [2.24, 2.45) is 0 Å². The molecule has 0 aromatic heterocycles. The molecular weight excluding hydrogens is 417 g/mol. The second-order valence-corrected chi connectivity index (χ2v) is 10.1. The predicted octanol–water partition coefficient (Wildman–Crippen LogP) is 3.64. The molecule has 2 heterocycles. The number of anilines is 1. The summed E-state index contributed by atoms with van der Waals surface area (Å²) in [4.78, 5) is 17.7. The van der Waals surface area contributed by atoms with Crippen LogP contribution in [0.2, 0.25) is 0 Å². The molecule has 0 aliphatic carbocycles. The SMILES string of the molecule is Cc1ccc(S(=O)(=O)Nc2ccc(F)cc2)cc1C(=O)N1CCCC1CN1CCCC1. The van der Waals surface area contributed by atoms with Crippen LogP contribution in [0, 0.1) is 12.7 Å². The van der Waals surface area contributed by atoms with Gasteiger partial charge in [0.15, 0.2) is 0 Å². The quantitative estimate of drug-likeness (QED) is 0.737. The van der Waals surface area contributed by atoms with Crippen molar-refractivity contribution in [3.63, 3.8) is 0 Å². The van der Waals surface area contributed by atoms with Gasteiger partial charge in [0.2, 0.25) is 0 Å². The van der Waals surface area contributed by atoms with Crippen LogP contribution >= 0.6 is 0 Å². The van der Waals surface area contributed by atoms with Crippen molar-refractivity contribution < 1.29 is 17.6 Å². The zero-order valence-electron chi connectivity index (χ0n) is 17.7. The average molecular weight is 446 g/mol. The number of carbonyl (C=O) groups is 1. The lowest BCUT2D eigenvalue weighted by atomic mass is 10.1. The summed E-state index contributed by atoms with van der Waals surface area (Å²) >= 11 is 0. The number of carbonyl (C=O) groups excluding carboxylic acids is 1. The number of amides is 1. The van der Waals surface area contributed by atoms with Crippen LogP contribution in [0.3, 0.4) is 0 Å². The van der Waals surface area contributed by atoms with E-state index in [2.05, 4.69) is 9.62 Å². The molecule has 2 fully saturated rings. The first-order chi connectivity index (χ1) is 14.8. The minimum absolute atomic E-state index is 0.0149. The van der Waals surface area contributed by atoms with Crippen LogP contribution in [-0.4, -0.2) is 56.3 Å². The van der Waals surface area contributed by atoms with Gasteiger partial charge in [-0.1, -0.05) is 6.07 Å². The number of likely N-dealkylation sites (tertiary alicyclic amines) is 2. The molecule has 2 aromatic rings. The summed E-state index contributed by atoms with van der Waals surface area (Å²) in [5.41, 5.74) is 1.42. The number of benzene rings is 2. The van der Waals surface area contributed by atoms with Crippen LogP contribution < -0.4 is 4.72 Å².